The van der Waals surface area contributed by atoms with Crippen LogP contribution in [0, 0.1) is 5.92 Å². The Bertz CT molecular complexity index is 1640. The molecule has 20 nitrogen and oxygen atoms in total. The number of nitrogens with zero attached hydrogens (tertiary/aromatic N) is 4. The molecule has 0 saturated carbocycles. The van der Waals surface area contributed by atoms with Crippen molar-refractivity contribution in [3.8, 4) is 5.75 Å². The molecular formula is C22H28N8O12S2. The number of pyridine rings is 1. The third-order valence-corrected chi connectivity index (χ3v) is 7.51. The summed E-state index contributed by atoms with van der Waals surface area (Å²) < 4.78 is 33.3. The Morgan fingerprint density at radius 1 is 1.23 bits per heavy atom. The molecule has 3 heterocycles. The van der Waals surface area contributed by atoms with Crippen molar-refractivity contribution >= 4 is 56.3 Å². The fraction of sp³-hybridized carbons (Fsp3) is 0.409. The molecule has 0 spiro atoms. The molecule has 44 heavy (non-hydrogen) atoms. The summed E-state index contributed by atoms with van der Waals surface area (Å²) in [5, 5.41) is 40.2. The minimum atomic E-state index is -5.15. The second kappa shape index (κ2) is 13.6. The van der Waals surface area contributed by atoms with Crippen molar-refractivity contribution < 1.29 is 52.4 Å². The topological polar surface area (TPSA) is 305 Å². The van der Waals surface area contributed by atoms with E-state index in [1.165, 1.54) is 5.38 Å². The molecule has 0 bridgehead atoms. The summed E-state index contributed by atoms with van der Waals surface area (Å²) in [6.07, 6.45) is -1.43. The smallest absolute Gasteiger partial charge is 0.362 e. The van der Waals surface area contributed by atoms with Gasteiger partial charge in [0.2, 0.25) is 6.10 Å². The number of carboxylic acid groups (broad SMARTS) is 1. The van der Waals surface area contributed by atoms with Crippen LogP contribution >= 0.6 is 11.3 Å². The quantitative estimate of drug-likeness (QED) is 0.0381. The van der Waals surface area contributed by atoms with Crippen LogP contribution in [0.3, 0.4) is 0 Å². The molecule has 1 aliphatic rings. The highest BCUT2D eigenvalue weighted by Gasteiger charge is 2.54. The number of hydrogen-bond donors (Lipinski definition) is 8. The lowest BCUT2D eigenvalue weighted by atomic mass is 9.98. The molecule has 0 aromatic carbocycles. The lowest BCUT2D eigenvalue weighted by Gasteiger charge is -2.44. The first-order valence-electron chi connectivity index (χ1n) is 12.4. The number of carbonyl (C=O) groups is 4. The monoisotopic (exact) mass is 660 g/mol. The van der Waals surface area contributed by atoms with E-state index < -0.39 is 82.4 Å². The average Bonchev–Trinajstić information content (AvgIpc) is 3.34. The maximum absolute atomic E-state index is 13.2. The Morgan fingerprint density at radius 3 is 2.48 bits per heavy atom. The maximum atomic E-state index is 13.2. The molecule has 3 rings (SSSR count). The third-order valence-electron chi connectivity index (χ3n) is 5.88. The van der Waals surface area contributed by atoms with E-state index in [4.69, 9.17) is 10.6 Å². The van der Waals surface area contributed by atoms with Gasteiger partial charge in [-0.25, -0.2) is 18.9 Å². The number of thiazole rings is 1. The van der Waals surface area contributed by atoms with Crippen molar-refractivity contribution in [1.29, 1.82) is 0 Å². The predicted octanol–water partition coefficient (Wildman–Crippen LogP) is -1.95. The van der Waals surface area contributed by atoms with Gasteiger partial charge in [0.15, 0.2) is 10.8 Å². The van der Waals surface area contributed by atoms with Gasteiger partial charge in [-0.3, -0.25) is 18.9 Å². The average molecular weight is 661 g/mol. The third kappa shape index (κ3) is 8.11. The zero-order valence-electron chi connectivity index (χ0n) is 22.9. The number of oxime groups is 1. The number of urea groups is 1. The Morgan fingerprint density at radius 2 is 1.91 bits per heavy atom. The Balaban J connectivity index is 1.77. The summed E-state index contributed by atoms with van der Waals surface area (Å²) >= 11 is 0.905. The summed E-state index contributed by atoms with van der Waals surface area (Å²) in [5.41, 5.74) is 3.68. The Kier molecular flexibility index (Phi) is 10.3. The molecule has 1 aliphatic heterocycles. The molecule has 3 atom stereocenters. The van der Waals surface area contributed by atoms with Crippen LogP contribution < -0.4 is 27.2 Å². The second-order valence-electron chi connectivity index (χ2n) is 9.62. The number of β-lactam (4-membered cyclic amide) rings is 1. The van der Waals surface area contributed by atoms with Crippen molar-refractivity contribution in [3.63, 3.8) is 0 Å². The molecule has 22 heteroatoms. The standard InChI is InChI=1S/C22H28N8O12S2/c1-9(2)3-14(20(35)36)42-28-16(12-8-43-21(23)26-12)18(33)27-17-13(30(19(17)34)44(39,40)41)7-25-22(37)24-6-10-4-11(31)5-15(32)29(10)38/h4-5,8-9,13-14,17,31,38H,3,6-7H2,1-2H3,(H2,23,26)(H,27,33)(H,35,36)(H2,24,25,37)(H,39,40,41)/t13-,14-,17-/m0/s1. The largest absolute Gasteiger partial charge is 0.508 e. The van der Waals surface area contributed by atoms with Crippen LogP contribution in [-0.4, -0.2) is 96.7 Å². The van der Waals surface area contributed by atoms with Gasteiger partial charge in [-0.15, -0.1) is 11.3 Å². The van der Waals surface area contributed by atoms with E-state index in [0.29, 0.717) is 0 Å². The van der Waals surface area contributed by atoms with Gasteiger partial charge in [-0.2, -0.15) is 13.1 Å². The molecule has 0 unspecified atom stereocenters. The number of carbonyl (C=O) groups excluding carboxylic acids is 3. The van der Waals surface area contributed by atoms with Gasteiger partial charge in [-0.1, -0.05) is 19.0 Å². The number of aromatic hydroxyl groups is 1. The number of nitrogens with one attached hydrogen (secondary N) is 3. The minimum absolute atomic E-state index is 0.00623. The van der Waals surface area contributed by atoms with Crippen LogP contribution in [0.25, 0.3) is 0 Å². The molecule has 0 aliphatic carbocycles. The van der Waals surface area contributed by atoms with Crippen LogP contribution in [-0.2, 0) is 36.1 Å². The number of aromatic nitrogens is 2. The summed E-state index contributed by atoms with van der Waals surface area (Å²) in [4.78, 5) is 70.3. The van der Waals surface area contributed by atoms with Gasteiger partial charge in [-0.05, 0) is 5.92 Å². The first-order chi connectivity index (χ1) is 20.5. The van der Waals surface area contributed by atoms with Crippen molar-refractivity contribution in [3.05, 3.63) is 39.3 Å². The van der Waals surface area contributed by atoms with Gasteiger partial charge in [0, 0.05) is 30.5 Å². The molecule has 2 aromatic rings. The van der Waals surface area contributed by atoms with E-state index in [2.05, 4.69) is 26.1 Å². The van der Waals surface area contributed by atoms with E-state index >= 15 is 0 Å². The van der Waals surface area contributed by atoms with E-state index in [1.807, 2.05) is 0 Å². The summed E-state index contributed by atoms with van der Waals surface area (Å²) in [5.74, 6) is -4.42. The Labute approximate surface area is 252 Å². The number of nitrogens with two attached hydrogens (primary N) is 1. The fourth-order valence-electron chi connectivity index (χ4n) is 3.86. The fourth-order valence-corrected chi connectivity index (χ4v) is 5.29. The first-order valence-corrected chi connectivity index (χ1v) is 14.7. The number of rotatable bonds is 13. The summed E-state index contributed by atoms with van der Waals surface area (Å²) in [6, 6.07) is -2.50. The highest BCUT2D eigenvalue weighted by molar-refractivity contribution is 7.84. The van der Waals surface area contributed by atoms with Crippen molar-refractivity contribution in [1.82, 2.24) is 30.0 Å². The van der Waals surface area contributed by atoms with E-state index in [9.17, 15) is 52.4 Å². The normalized spacial score (nSPS) is 17.5. The Hall–Kier alpha value is -4.96. The van der Waals surface area contributed by atoms with E-state index in [0.717, 1.165) is 23.5 Å². The highest BCUT2D eigenvalue weighted by Crippen LogP contribution is 2.24. The van der Waals surface area contributed by atoms with Crippen LogP contribution in [0.5, 0.6) is 5.75 Å². The number of hydrogen-bond acceptors (Lipinski definition) is 14. The second-order valence-corrected chi connectivity index (χ2v) is 11.8. The zero-order valence-corrected chi connectivity index (χ0v) is 24.5. The highest BCUT2D eigenvalue weighted by atomic mass is 32.2. The van der Waals surface area contributed by atoms with Crippen LogP contribution in [0.1, 0.15) is 31.7 Å². The molecular weight excluding hydrogens is 632 g/mol. The molecule has 4 amide bonds. The number of aliphatic carboxylic acids is 1. The summed E-state index contributed by atoms with van der Waals surface area (Å²) in [6.45, 7) is 2.32. The molecule has 9 N–H and O–H groups in total. The SMILES string of the molecule is CC(C)C[C@H](ON=C(C(=O)N[C@@H]1C(=O)N(S(=O)(=O)O)[C@H]1CNC(=O)NCc1cc(O)cc(=O)n1O)c1csc(N)n1)C(=O)O. The van der Waals surface area contributed by atoms with E-state index in [-0.39, 0.29) is 37.9 Å². The first kappa shape index (κ1) is 33.5. The lowest BCUT2D eigenvalue weighted by Crippen LogP contribution is -2.74. The molecule has 2 aromatic heterocycles. The maximum Gasteiger partial charge on any atom is 0.362 e. The zero-order chi connectivity index (χ0) is 32.9. The predicted molar refractivity (Wildman–Crippen MR) is 149 cm³/mol. The molecule has 1 saturated heterocycles. The lowest BCUT2D eigenvalue weighted by molar-refractivity contribution is -0.151. The van der Waals surface area contributed by atoms with Gasteiger partial charge >= 0.3 is 22.3 Å². The van der Waals surface area contributed by atoms with Gasteiger partial charge < -0.3 is 41.9 Å². The number of amides is 4. The number of carboxylic acids is 1. The van der Waals surface area contributed by atoms with Crippen molar-refractivity contribution in [2.24, 2.45) is 11.1 Å². The van der Waals surface area contributed by atoms with Gasteiger partial charge in [0.25, 0.3) is 17.4 Å². The number of nitrogen functional groups attached to an aromatic ring is 1. The molecule has 240 valence electrons. The minimum Gasteiger partial charge on any atom is -0.508 e. The summed E-state index contributed by atoms with van der Waals surface area (Å²) in [7, 11) is -5.15. The molecule has 1 fully saturated rings. The van der Waals surface area contributed by atoms with Crippen LogP contribution in [0.2, 0.25) is 0 Å². The van der Waals surface area contributed by atoms with Crippen LogP contribution in [0.4, 0.5) is 9.93 Å². The molecule has 0 radical (unpaired) electrons. The van der Waals surface area contributed by atoms with Crippen LogP contribution in [0.15, 0.2) is 27.5 Å². The van der Waals surface area contributed by atoms with E-state index in [1.54, 1.807) is 13.8 Å². The van der Waals surface area contributed by atoms with Gasteiger partial charge in [0.1, 0.15) is 17.5 Å². The van der Waals surface area contributed by atoms with Crippen molar-refractivity contribution in [2.45, 2.75) is 45.0 Å². The van der Waals surface area contributed by atoms with Gasteiger partial charge in [0.05, 0.1) is 18.3 Å². The van der Waals surface area contributed by atoms with Crippen molar-refractivity contribution in [2.75, 3.05) is 12.3 Å². The number of anilines is 1.